The number of Topliss-reactive ketones (excluding diaryl/α,β-unsaturated/α-hetero) is 1. The van der Waals surface area contributed by atoms with Crippen molar-refractivity contribution < 1.29 is 9.59 Å². The molecule has 5 heteroatoms. The molecule has 1 aliphatic heterocycles. The molecule has 4 nitrogen and oxygen atoms in total. The Morgan fingerprint density at radius 2 is 2.46 bits per heavy atom. The van der Waals surface area contributed by atoms with Gasteiger partial charge in [-0.25, -0.2) is 0 Å². The topological polar surface area (TPSA) is 49.4 Å². The third-order valence-electron chi connectivity index (χ3n) is 2.24. The van der Waals surface area contributed by atoms with Crippen molar-refractivity contribution in [3.63, 3.8) is 0 Å². The number of rotatable bonds is 3. The van der Waals surface area contributed by atoms with E-state index >= 15 is 0 Å². The molecular formula is C8H14N2O2S. The Morgan fingerprint density at radius 1 is 1.77 bits per heavy atom. The highest BCUT2D eigenvalue weighted by molar-refractivity contribution is 7.81. The first kappa shape index (κ1) is 10.5. The van der Waals surface area contributed by atoms with Gasteiger partial charge in [-0.1, -0.05) is 0 Å². The highest BCUT2D eigenvalue weighted by Gasteiger charge is 2.24. The van der Waals surface area contributed by atoms with E-state index in [1.165, 1.54) is 0 Å². The van der Waals surface area contributed by atoms with Crippen LogP contribution in [0.1, 0.15) is 6.92 Å². The third kappa shape index (κ3) is 2.70. The fraction of sp³-hybridized carbons (Fsp3) is 0.750. The molecule has 0 radical (unpaired) electrons. The Bertz CT molecular complexity index is 220. The quantitative estimate of drug-likeness (QED) is 0.595. The number of amides is 1. The van der Waals surface area contributed by atoms with Crippen LogP contribution in [0.2, 0.25) is 0 Å². The van der Waals surface area contributed by atoms with Crippen LogP contribution in [0.15, 0.2) is 0 Å². The van der Waals surface area contributed by atoms with Crippen molar-refractivity contribution in [1.82, 2.24) is 10.2 Å². The van der Waals surface area contributed by atoms with Gasteiger partial charge in [0.05, 0.1) is 18.3 Å². The molecule has 0 bridgehead atoms. The molecule has 0 aromatic heterocycles. The first-order valence-corrected chi connectivity index (χ1v) is 4.92. The van der Waals surface area contributed by atoms with Crippen LogP contribution in [-0.2, 0) is 9.59 Å². The normalized spacial score (nSPS) is 20.9. The second-order valence-corrected chi connectivity index (χ2v) is 3.44. The number of nitrogens with zero attached hydrogens (tertiary/aromatic N) is 1. The molecule has 1 aliphatic rings. The van der Waals surface area contributed by atoms with E-state index < -0.39 is 0 Å². The summed E-state index contributed by atoms with van der Waals surface area (Å²) in [4.78, 5) is 24.1. The molecule has 1 heterocycles. The summed E-state index contributed by atoms with van der Waals surface area (Å²) < 4.78 is 0. The standard InChI is InChI=1S/C8H14N2O2S/c1-6(7(11)5-13)10-3-2-9-8(12)4-10/h6,13H,2-5H2,1H3,(H,9,12)/t6-/m1/s1. The van der Waals surface area contributed by atoms with Crippen molar-refractivity contribution in [3.05, 3.63) is 0 Å². The van der Waals surface area contributed by atoms with Crippen molar-refractivity contribution in [3.8, 4) is 0 Å². The van der Waals surface area contributed by atoms with Crippen molar-refractivity contribution in [2.75, 3.05) is 25.4 Å². The van der Waals surface area contributed by atoms with Gasteiger partial charge in [-0.05, 0) is 6.92 Å². The van der Waals surface area contributed by atoms with Crippen molar-refractivity contribution in [2.45, 2.75) is 13.0 Å². The first-order chi connectivity index (χ1) is 6.15. The minimum Gasteiger partial charge on any atom is -0.354 e. The molecule has 0 aromatic rings. The van der Waals surface area contributed by atoms with Crippen molar-refractivity contribution >= 4 is 24.3 Å². The highest BCUT2D eigenvalue weighted by Crippen LogP contribution is 2.03. The third-order valence-corrected chi connectivity index (χ3v) is 2.55. The molecule has 1 rings (SSSR count). The molecule has 1 amide bonds. The van der Waals surface area contributed by atoms with Crippen molar-refractivity contribution in [2.24, 2.45) is 0 Å². The van der Waals surface area contributed by atoms with Crippen LogP contribution in [-0.4, -0.2) is 48.0 Å². The average Bonchev–Trinajstić information content (AvgIpc) is 2.15. The minimum atomic E-state index is -0.191. The highest BCUT2D eigenvalue weighted by atomic mass is 32.1. The number of carbonyl (C=O) groups is 2. The van der Waals surface area contributed by atoms with E-state index in [2.05, 4.69) is 17.9 Å². The van der Waals surface area contributed by atoms with Gasteiger partial charge in [0.25, 0.3) is 0 Å². The summed E-state index contributed by atoms with van der Waals surface area (Å²) in [5, 5.41) is 2.71. The van der Waals surface area contributed by atoms with E-state index in [4.69, 9.17) is 0 Å². The molecule has 0 aliphatic carbocycles. The maximum Gasteiger partial charge on any atom is 0.234 e. The number of hydrogen-bond acceptors (Lipinski definition) is 4. The summed E-state index contributed by atoms with van der Waals surface area (Å²) in [6.45, 7) is 3.51. The zero-order valence-electron chi connectivity index (χ0n) is 7.62. The Hall–Kier alpha value is -0.550. The fourth-order valence-corrected chi connectivity index (χ4v) is 1.59. The van der Waals surface area contributed by atoms with E-state index in [9.17, 15) is 9.59 Å². The fourth-order valence-electron chi connectivity index (χ4n) is 1.32. The lowest BCUT2D eigenvalue weighted by atomic mass is 10.2. The van der Waals surface area contributed by atoms with Crippen LogP contribution in [0.4, 0.5) is 0 Å². The summed E-state index contributed by atoms with van der Waals surface area (Å²) in [6.07, 6.45) is 0. The first-order valence-electron chi connectivity index (χ1n) is 4.29. The monoisotopic (exact) mass is 202 g/mol. The van der Waals surface area contributed by atoms with E-state index in [0.29, 0.717) is 13.1 Å². The molecule has 1 saturated heterocycles. The van der Waals surface area contributed by atoms with Gasteiger partial charge in [0.15, 0.2) is 5.78 Å². The zero-order valence-corrected chi connectivity index (χ0v) is 8.51. The second-order valence-electron chi connectivity index (χ2n) is 3.12. The Morgan fingerprint density at radius 3 is 3.00 bits per heavy atom. The van der Waals surface area contributed by atoms with E-state index in [0.717, 1.165) is 6.54 Å². The molecule has 0 saturated carbocycles. The number of nitrogens with one attached hydrogen (secondary N) is 1. The average molecular weight is 202 g/mol. The smallest absolute Gasteiger partial charge is 0.234 e. The number of carbonyl (C=O) groups excluding carboxylic acids is 2. The van der Waals surface area contributed by atoms with E-state index in [-0.39, 0.29) is 23.5 Å². The summed E-state index contributed by atoms with van der Waals surface area (Å²) in [7, 11) is 0. The lowest BCUT2D eigenvalue weighted by Gasteiger charge is -2.30. The molecule has 13 heavy (non-hydrogen) atoms. The molecule has 1 N–H and O–H groups in total. The van der Waals surface area contributed by atoms with Gasteiger partial charge in [-0.15, -0.1) is 0 Å². The number of thiol groups is 1. The number of hydrogen-bond donors (Lipinski definition) is 2. The Labute approximate surface area is 83.1 Å². The van der Waals surface area contributed by atoms with E-state index in [1.807, 2.05) is 11.8 Å². The van der Waals surface area contributed by atoms with Gasteiger partial charge in [-0.2, -0.15) is 12.6 Å². The largest absolute Gasteiger partial charge is 0.354 e. The van der Waals surface area contributed by atoms with Gasteiger partial charge in [-0.3, -0.25) is 14.5 Å². The minimum absolute atomic E-state index is 0.00920. The van der Waals surface area contributed by atoms with Crippen LogP contribution in [0, 0.1) is 0 Å². The predicted molar refractivity (Wildman–Crippen MR) is 52.9 cm³/mol. The molecular weight excluding hydrogens is 188 g/mol. The maximum absolute atomic E-state index is 11.3. The Kier molecular flexibility index (Phi) is 3.74. The van der Waals surface area contributed by atoms with Crippen LogP contribution in [0.25, 0.3) is 0 Å². The van der Waals surface area contributed by atoms with Gasteiger partial charge in [0, 0.05) is 13.1 Å². The van der Waals surface area contributed by atoms with Crippen LogP contribution in [0.5, 0.6) is 0 Å². The molecule has 0 aromatic carbocycles. The summed E-state index contributed by atoms with van der Waals surface area (Å²) in [5.41, 5.74) is 0. The zero-order chi connectivity index (χ0) is 9.84. The summed E-state index contributed by atoms with van der Waals surface area (Å²) in [5.74, 6) is 0.294. The molecule has 1 fully saturated rings. The van der Waals surface area contributed by atoms with Crippen molar-refractivity contribution in [1.29, 1.82) is 0 Å². The number of piperazine rings is 1. The lowest BCUT2D eigenvalue weighted by Crippen LogP contribution is -2.53. The van der Waals surface area contributed by atoms with Crippen LogP contribution < -0.4 is 5.32 Å². The van der Waals surface area contributed by atoms with Gasteiger partial charge in [0.2, 0.25) is 5.91 Å². The summed E-state index contributed by atoms with van der Waals surface area (Å²) >= 11 is 3.92. The SMILES string of the molecule is C[C@H](C(=O)CS)N1CCNC(=O)C1. The van der Waals surface area contributed by atoms with Crippen LogP contribution in [0.3, 0.4) is 0 Å². The van der Waals surface area contributed by atoms with Gasteiger partial charge in [0.1, 0.15) is 0 Å². The molecule has 74 valence electrons. The number of ketones is 1. The van der Waals surface area contributed by atoms with E-state index in [1.54, 1.807) is 0 Å². The van der Waals surface area contributed by atoms with Gasteiger partial charge >= 0.3 is 0 Å². The predicted octanol–water partition coefficient (Wildman–Crippen LogP) is -0.694. The maximum atomic E-state index is 11.3. The second kappa shape index (κ2) is 4.62. The molecule has 0 unspecified atom stereocenters. The van der Waals surface area contributed by atoms with Gasteiger partial charge < -0.3 is 5.32 Å². The summed E-state index contributed by atoms with van der Waals surface area (Å²) in [6, 6.07) is -0.191. The molecule has 1 atom stereocenters. The Balaban J connectivity index is 2.50. The molecule has 0 spiro atoms. The van der Waals surface area contributed by atoms with Crippen LogP contribution >= 0.6 is 12.6 Å². The lowest BCUT2D eigenvalue weighted by molar-refractivity contribution is -0.127.